The van der Waals surface area contributed by atoms with Crippen LogP contribution < -0.4 is 5.46 Å². The van der Waals surface area contributed by atoms with Crippen LogP contribution >= 0.6 is 84.7 Å². The number of carboxylic acid groups (broad SMARTS) is 1. The maximum Gasteiger partial charge on any atom is 0.488 e. The smallest absolute Gasteiger partial charge is 0.488 e. The maximum absolute atomic E-state index is 12.2. The molecule has 14 nitrogen and oxygen atoms in total. The first-order valence-electron chi connectivity index (χ1n) is 32.0. The number of phenolic OH excluding ortho intramolecular Hbond substituents is 3. The van der Waals surface area contributed by atoms with Crippen molar-refractivity contribution in [3.8, 4) is 39.5 Å². The van der Waals surface area contributed by atoms with Crippen molar-refractivity contribution in [2.75, 3.05) is 13.2 Å². The van der Waals surface area contributed by atoms with Crippen LogP contribution in [0, 0.1) is 0 Å². The number of aromatic hydroxyl groups is 3. The number of carbonyl (C=O) groups is 3. The van der Waals surface area contributed by atoms with E-state index < -0.39 is 13.1 Å². The van der Waals surface area contributed by atoms with Gasteiger partial charge in [0, 0.05) is 105 Å². The Labute approximate surface area is 616 Å². The number of hydrogen-bond acceptors (Lipinski definition) is 13. The lowest BCUT2D eigenvalue weighted by atomic mass is 9.80. The zero-order valence-corrected chi connectivity index (χ0v) is 60.6. The molecule has 0 aliphatic rings. The normalized spacial score (nSPS) is 11.2. The van der Waals surface area contributed by atoms with Gasteiger partial charge in [0.15, 0.2) is 0 Å². The van der Waals surface area contributed by atoms with E-state index in [0.717, 1.165) is 104 Å². The molecule has 0 fully saturated rings. The predicted molar refractivity (Wildman–Crippen MR) is 415 cm³/mol. The third kappa shape index (κ3) is 17.2. The molecule has 0 amide bonds. The standard InChI is InChI=1S/C27H22ClNO3S.C25H18ClNO3S.C21H17BrClNO2S.C6H7BO3/c1-2-32-27(31)12-19-14-29(15-20-16-33-26-9-7-21(28)13-24(20)26)25-11-18(6-8-23(19)25)17-4-3-5-22(30)10-17;26-19-5-7-24-22(11-19)18(14-31-24)13-27-12-17(10-25(29)30)21-6-4-16(9-23(21)27)15-2-1-3-20(28)8-15;1-2-26-21(25)7-13-10-24(19-8-15(22)3-5-17(13)19)11-14-12-27-20-6-4-16(23)9-18(14)20;8-6-3-1-2-5(4-6)7(9)10/h3-11,13-14,16,30H,2,12,15H2,1H3;1-9,11-12,14,28H,10,13H2,(H,29,30);3-6,8-10,12H,2,7,11H2,1H3;1-4,8-10H. The Balaban J connectivity index is 0.000000134. The monoisotopic (exact) mass is 1520 g/mol. The molecule has 6 aromatic heterocycles. The summed E-state index contributed by atoms with van der Waals surface area (Å²) >= 11 is 27.3. The molecule has 0 bridgehead atoms. The molecule has 0 atom stereocenters. The van der Waals surface area contributed by atoms with E-state index in [9.17, 15) is 29.7 Å². The number of carbonyl (C=O) groups excluding carboxylic acids is 2. The summed E-state index contributed by atoms with van der Waals surface area (Å²) in [5.41, 5.74) is 13.4. The largest absolute Gasteiger partial charge is 0.508 e. The van der Waals surface area contributed by atoms with Gasteiger partial charge in [0.25, 0.3) is 0 Å². The van der Waals surface area contributed by atoms with Crippen LogP contribution in [-0.2, 0) is 62.8 Å². The minimum Gasteiger partial charge on any atom is -0.508 e. The first-order chi connectivity index (χ1) is 48.7. The van der Waals surface area contributed by atoms with Crippen LogP contribution in [0.1, 0.15) is 47.2 Å². The molecule has 6 heterocycles. The van der Waals surface area contributed by atoms with Gasteiger partial charge in [0.1, 0.15) is 17.2 Å². The summed E-state index contributed by atoms with van der Waals surface area (Å²) in [5.74, 6) is -0.822. The Morgan fingerprint density at radius 1 is 0.426 bits per heavy atom. The highest BCUT2D eigenvalue weighted by Crippen LogP contribution is 2.38. The fraction of sp³-hybridized carbons (Fsp3) is 0.127. The fourth-order valence-corrected chi connectivity index (χ4v) is 16.0. The quantitative estimate of drug-likeness (QED) is 0.0374. The van der Waals surface area contributed by atoms with Crippen molar-refractivity contribution in [3.05, 3.63) is 270 Å². The SMILES string of the molecule is CCOC(=O)Cc1cn(Cc2csc3ccc(Cl)cc23)c2cc(-c3cccc(O)c3)ccc12.CCOC(=O)Cc1cn(Cc2csc3ccc(Cl)cc23)c2cc(Br)ccc12.O=C(O)Cc1cn(Cc2csc3ccc(Cl)cc23)c2cc(-c3cccc(O)c3)ccc12.OB(O)c1cccc(O)c1. The lowest BCUT2D eigenvalue weighted by molar-refractivity contribution is -0.143. The Morgan fingerprint density at radius 3 is 1.16 bits per heavy atom. The summed E-state index contributed by atoms with van der Waals surface area (Å²) in [7, 11) is -1.51. The number of carboxylic acids is 1. The lowest BCUT2D eigenvalue weighted by Crippen LogP contribution is -2.29. The number of thiophene rings is 3. The number of rotatable bonds is 17. The molecule has 0 unspecified atom stereocenters. The van der Waals surface area contributed by atoms with Gasteiger partial charge in [-0.2, -0.15) is 0 Å². The van der Waals surface area contributed by atoms with Crippen molar-refractivity contribution in [1.82, 2.24) is 13.7 Å². The van der Waals surface area contributed by atoms with E-state index in [1.54, 1.807) is 64.3 Å². The molecule has 6 N–H and O–H groups in total. The highest BCUT2D eigenvalue weighted by atomic mass is 79.9. The molecule has 15 rings (SSSR count). The molecule has 0 aliphatic carbocycles. The van der Waals surface area contributed by atoms with Gasteiger partial charge in [-0.1, -0.05) is 117 Å². The summed E-state index contributed by atoms with van der Waals surface area (Å²) in [6.45, 7) is 6.38. The molecule has 9 aromatic carbocycles. The van der Waals surface area contributed by atoms with E-state index in [1.807, 2.05) is 135 Å². The van der Waals surface area contributed by atoms with Crippen LogP contribution in [0.3, 0.4) is 0 Å². The van der Waals surface area contributed by atoms with E-state index in [0.29, 0.717) is 41.8 Å². The Kier molecular flexibility index (Phi) is 22.7. The second kappa shape index (κ2) is 32.1. The minimum absolute atomic E-state index is 0.0330. The van der Waals surface area contributed by atoms with Crippen molar-refractivity contribution >= 4 is 178 Å². The maximum atomic E-state index is 12.2. The number of aliphatic carboxylic acids is 1. The van der Waals surface area contributed by atoms with Crippen molar-refractivity contribution in [1.29, 1.82) is 0 Å². The van der Waals surface area contributed by atoms with Crippen LogP contribution in [0.2, 0.25) is 15.1 Å². The van der Waals surface area contributed by atoms with E-state index in [1.165, 1.54) is 48.8 Å². The van der Waals surface area contributed by atoms with Crippen LogP contribution in [0.5, 0.6) is 17.2 Å². The highest BCUT2D eigenvalue weighted by Gasteiger charge is 2.20. The van der Waals surface area contributed by atoms with Gasteiger partial charge >= 0.3 is 25.0 Å². The van der Waals surface area contributed by atoms with Gasteiger partial charge in [-0.05, 0) is 223 Å². The van der Waals surface area contributed by atoms with E-state index in [-0.39, 0.29) is 48.4 Å². The number of nitrogens with zero attached hydrogens (tertiary/aromatic N) is 3. The molecule has 0 spiro atoms. The summed E-state index contributed by atoms with van der Waals surface area (Å²) in [4.78, 5) is 35.7. The van der Waals surface area contributed by atoms with Crippen LogP contribution in [0.4, 0.5) is 0 Å². The molecular formula is C79H64BBrCl3N3O11S3. The number of phenols is 3. The first kappa shape index (κ1) is 71.5. The number of benzene rings is 9. The Morgan fingerprint density at radius 2 is 0.792 bits per heavy atom. The van der Waals surface area contributed by atoms with E-state index >= 15 is 0 Å². The average molecular weight is 1520 g/mol. The van der Waals surface area contributed by atoms with Gasteiger partial charge < -0.3 is 53.6 Å². The topological polar surface area (TPSA) is 206 Å². The van der Waals surface area contributed by atoms with Gasteiger partial charge in [0.05, 0.1) is 32.5 Å². The van der Waals surface area contributed by atoms with E-state index in [4.69, 9.17) is 59.4 Å². The average Bonchev–Trinajstić information content (AvgIpc) is 1.64. The van der Waals surface area contributed by atoms with Crippen molar-refractivity contribution in [3.63, 3.8) is 0 Å². The van der Waals surface area contributed by atoms with Crippen molar-refractivity contribution in [2.45, 2.75) is 52.7 Å². The van der Waals surface area contributed by atoms with Gasteiger partial charge in [-0.25, -0.2) is 0 Å². The van der Waals surface area contributed by atoms with Gasteiger partial charge in [0.2, 0.25) is 0 Å². The Hall–Kier alpha value is -9.38. The second-order valence-electron chi connectivity index (χ2n) is 23.8. The molecule has 15 aromatic rings. The molecule has 0 radical (unpaired) electrons. The molecule has 0 saturated carbocycles. The number of ether oxygens (including phenoxy) is 2. The van der Waals surface area contributed by atoms with Crippen LogP contribution in [-0.4, -0.2) is 82.4 Å². The Bertz CT molecular complexity index is 5560. The molecule has 510 valence electrons. The number of fused-ring (bicyclic) bond motifs is 6. The number of halogens is 4. The summed E-state index contributed by atoms with van der Waals surface area (Å²) in [6, 6.07) is 56.3. The van der Waals surface area contributed by atoms with Crippen molar-refractivity contribution < 1.29 is 54.3 Å². The molecular weight excluding hydrogens is 1460 g/mol. The number of esters is 2. The molecule has 0 aliphatic heterocycles. The lowest BCUT2D eigenvalue weighted by Gasteiger charge is -2.08. The minimum atomic E-state index is -1.51. The summed E-state index contributed by atoms with van der Waals surface area (Å²) < 4.78 is 21.4. The van der Waals surface area contributed by atoms with Crippen molar-refractivity contribution in [2.24, 2.45) is 0 Å². The highest BCUT2D eigenvalue weighted by molar-refractivity contribution is 9.10. The molecule has 22 heteroatoms. The van der Waals surface area contributed by atoms with E-state index in [2.05, 4.69) is 76.2 Å². The number of aromatic nitrogens is 3. The zero-order chi connectivity index (χ0) is 71.0. The summed E-state index contributed by atoms with van der Waals surface area (Å²) in [6.07, 6.45) is 6.49. The third-order valence-electron chi connectivity index (χ3n) is 16.9. The zero-order valence-electron chi connectivity index (χ0n) is 54.3. The molecule has 0 saturated heterocycles. The second-order valence-corrected chi connectivity index (χ2v) is 28.7. The fourth-order valence-electron chi connectivity index (χ4n) is 12.3. The predicted octanol–water partition coefficient (Wildman–Crippen LogP) is 19.1. The molecule has 101 heavy (non-hydrogen) atoms. The number of hydrogen-bond donors (Lipinski definition) is 6. The first-order valence-corrected chi connectivity index (χ1v) is 36.6. The van der Waals surface area contributed by atoms with Crippen LogP contribution in [0.15, 0.2) is 221 Å². The van der Waals surface area contributed by atoms with Crippen LogP contribution in [0.25, 0.3) is 85.2 Å². The summed E-state index contributed by atoms with van der Waals surface area (Å²) in [5, 5.41) is 70.3. The van der Waals surface area contributed by atoms with Gasteiger partial charge in [-0.3, -0.25) is 14.4 Å². The van der Waals surface area contributed by atoms with Gasteiger partial charge in [-0.15, -0.1) is 34.0 Å². The third-order valence-corrected chi connectivity index (χ3v) is 21.1.